The molecule has 0 atom stereocenters. The predicted molar refractivity (Wildman–Crippen MR) is 135 cm³/mol. The van der Waals surface area contributed by atoms with Crippen molar-refractivity contribution in [1.29, 1.82) is 0 Å². The molecule has 2 aromatic rings. The minimum Gasteiger partial charge on any atom is -0.324 e. The first-order chi connectivity index (χ1) is 16.7. The Hall–Kier alpha value is -1.31. The van der Waals surface area contributed by atoms with Crippen molar-refractivity contribution in [1.82, 2.24) is 5.32 Å². The molecule has 3 rings (SSSR count). The molecule has 0 aliphatic heterocycles. The Labute approximate surface area is 210 Å². The normalized spacial score (nSPS) is 15.9. The lowest BCUT2D eigenvalue weighted by atomic mass is 9.67. The zero-order valence-corrected chi connectivity index (χ0v) is 21.7. The van der Waals surface area contributed by atoms with Crippen LogP contribution in [0.2, 0.25) is 0 Å². The maximum atomic E-state index is 14.5. The summed E-state index contributed by atoms with van der Waals surface area (Å²) in [7, 11) is -4.04. The first kappa shape index (κ1) is 28.3. The van der Waals surface area contributed by atoms with Crippen LogP contribution in [0.3, 0.4) is 0 Å². The van der Waals surface area contributed by atoms with Crippen molar-refractivity contribution in [3.05, 3.63) is 65.0 Å². The lowest BCUT2D eigenvalue weighted by Gasteiger charge is -2.38. The number of benzene rings is 2. The first-order valence-electron chi connectivity index (χ1n) is 12.3. The minimum absolute atomic E-state index is 0.0912. The third kappa shape index (κ3) is 8.94. The standard InChI is InChI=1S/C26H35F3NO3PS/c27-22-9-7-21(8-10-22)26(11-2-1-3-12-26)13-4-5-16-35-25-18-23(28)20(17-24(25)29)19-30-14-6-15-34(31,32)33/h7-10,17-18,30H,1-6,11-16,19H2,(H2,31,32,33). The second-order valence-corrected chi connectivity index (χ2v) is 12.4. The molecular weight excluding hydrogens is 494 g/mol. The quantitative estimate of drug-likeness (QED) is 0.149. The zero-order chi connectivity index (χ0) is 25.3. The highest BCUT2D eigenvalue weighted by atomic mass is 32.2. The fourth-order valence-corrected chi connectivity index (χ4v) is 6.43. The summed E-state index contributed by atoms with van der Waals surface area (Å²) in [6, 6.07) is 9.34. The van der Waals surface area contributed by atoms with Crippen molar-refractivity contribution < 1.29 is 27.5 Å². The molecule has 4 nitrogen and oxygen atoms in total. The molecule has 1 saturated carbocycles. The van der Waals surface area contributed by atoms with Crippen LogP contribution in [0.5, 0.6) is 0 Å². The van der Waals surface area contributed by atoms with E-state index in [-0.39, 0.29) is 35.9 Å². The van der Waals surface area contributed by atoms with Gasteiger partial charge in [0.1, 0.15) is 17.5 Å². The van der Waals surface area contributed by atoms with E-state index in [0.29, 0.717) is 17.2 Å². The van der Waals surface area contributed by atoms with Crippen LogP contribution in [-0.2, 0) is 16.5 Å². The zero-order valence-electron chi connectivity index (χ0n) is 19.9. The molecule has 0 bridgehead atoms. The van der Waals surface area contributed by atoms with Gasteiger partial charge in [0.15, 0.2) is 0 Å². The van der Waals surface area contributed by atoms with Crippen LogP contribution in [0.15, 0.2) is 41.3 Å². The average molecular weight is 530 g/mol. The van der Waals surface area contributed by atoms with E-state index in [1.54, 1.807) is 12.1 Å². The summed E-state index contributed by atoms with van der Waals surface area (Å²) in [5.41, 5.74) is 1.50. The number of halogens is 3. The van der Waals surface area contributed by atoms with E-state index in [4.69, 9.17) is 9.79 Å². The highest BCUT2D eigenvalue weighted by Crippen LogP contribution is 2.43. The second-order valence-electron chi connectivity index (χ2n) is 9.45. The lowest BCUT2D eigenvalue weighted by molar-refractivity contribution is 0.267. The largest absolute Gasteiger partial charge is 0.325 e. The Bertz CT molecular complexity index is 994. The highest BCUT2D eigenvalue weighted by molar-refractivity contribution is 7.99. The Kier molecular flexibility index (Phi) is 10.7. The Balaban J connectivity index is 1.46. The van der Waals surface area contributed by atoms with E-state index >= 15 is 0 Å². The maximum Gasteiger partial charge on any atom is 0.325 e. The van der Waals surface area contributed by atoms with Crippen LogP contribution in [0.25, 0.3) is 0 Å². The van der Waals surface area contributed by atoms with Gasteiger partial charge in [0.25, 0.3) is 0 Å². The molecule has 194 valence electrons. The molecule has 1 aliphatic rings. The molecule has 0 unspecified atom stereocenters. The maximum absolute atomic E-state index is 14.5. The van der Waals surface area contributed by atoms with Crippen LogP contribution in [0, 0.1) is 17.5 Å². The SMILES string of the molecule is O=P(O)(O)CCCNCc1cc(F)c(SCCCCC2(c3ccc(F)cc3)CCCCC2)cc1F. The lowest BCUT2D eigenvalue weighted by Crippen LogP contribution is -2.29. The fraction of sp³-hybridized carbons (Fsp3) is 0.538. The molecule has 35 heavy (non-hydrogen) atoms. The summed E-state index contributed by atoms with van der Waals surface area (Å²) < 4.78 is 53.2. The summed E-state index contributed by atoms with van der Waals surface area (Å²) >= 11 is 1.32. The summed E-state index contributed by atoms with van der Waals surface area (Å²) in [5.74, 6) is -0.477. The van der Waals surface area contributed by atoms with E-state index in [1.165, 1.54) is 48.7 Å². The van der Waals surface area contributed by atoms with Gasteiger partial charge in [-0.05, 0) is 79.6 Å². The number of unbranched alkanes of at least 4 members (excludes halogenated alkanes) is 1. The molecule has 1 fully saturated rings. The molecular formula is C26H35F3NO3PS. The van der Waals surface area contributed by atoms with Gasteiger partial charge < -0.3 is 15.1 Å². The Morgan fingerprint density at radius 1 is 0.943 bits per heavy atom. The summed E-state index contributed by atoms with van der Waals surface area (Å²) in [4.78, 5) is 18.0. The van der Waals surface area contributed by atoms with E-state index in [2.05, 4.69) is 5.32 Å². The van der Waals surface area contributed by atoms with Gasteiger partial charge in [-0.2, -0.15) is 0 Å². The van der Waals surface area contributed by atoms with Gasteiger partial charge in [0.2, 0.25) is 0 Å². The molecule has 2 aromatic carbocycles. The van der Waals surface area contributed by atoms with Crippen LogP contribution in [0.1, 0.15) is 68.9 Å². The second kappa shape index (κ2) is 13.3. The van der Waals surface area contributed by atoms with Gasteiger partial charge in [0.05, 0.1) is 6.16 Å². The van der Waals surface area contributed by atoms with Crippen LogP contribution >= 0.6 is 19.4 Å². The smallest absolute Gasteiger partial charge is 0.324 e. The average Bonchev–Trinajstić information content (AvgIpc) is 2.81. The molecule has 0 heterocycles. The third-order valence-electron chi connectivity index (χ3n) is 6.79. The molecule has 1 aliphatic carbocycles. The highest BCUT2D eigenvalue weighted by Gasteiger charge is 2.33. The fourth-order valence-electron chi connectivity index (χ4n) is 4.91. The molecule has 0 radical (unpaired) electrons. The van der Waals surface area contributed by atoms with Gasteiger partial charge in [0, 0.05) is 17.0 Å². The number of rotatable bonds is 13. The van der Waals surface area contributed by atoms with E-state index < -0.39 is 19.2 Å². The molecule has 0 amide bonds. The van der Waals surface area contributed by atoms with Crippen molar-refractivity contribution in [3.8, 4) is 0 Å². The number of nitrogens with one attached hydrogen (secondary N) is 1. The van der Waals surface area contributed by atoms with Gasteiger partial charge in [-0.25, -0.2) is 13.2 Å². The van der Waals surface area contributed by atoms with Crippen molar-refractivity contribution in [3.63, 3.8) is 0 Å². The summed E-state index contributed by atoms with van der Waals surface area (Å²) in [6.07, 6.45) is 8.72. The third-order valence-corrected chi connectivity index (χ3v) is 8.81. The van der Waals surface area contributed by atoms with Gasteiger partial charge >= 0.3 is 7.60 Å². The van der Waals surface area contributed by atoms with Crippen LogP contribution in [-0.4, -0.2) is 28.2 Å². The van der Waals surface area contributed by atoms with Crippen molar-refractivity contribution in [2.24, 2.45) is 0 Å². The summed E-state index contributed by atoms with van der Waals surface area (Å²) in [5, 5.41) is 2.90. The van der Waals surface area contributed by atoms with E-state index in [9.17, 15) is 17.7 Å². The monoisotopic (exact) mass is 529 g/mol. The molecule has 3 N–H and O–H groups in total. The molecule has 0 saturated heterocycles. The molecule has 0 aromatic heterocycles. The van der Waals surface area contributed by atoms with Crippen molar-refractivity contribution in [2.75, 3.05) is 18.5 Å². The Morgan fingerprint density at radius 2 is 1.66 bits per heavy atom. The first-order valence-corrected chi connectivity index (χ1v) is 15.1. The number of hydrogen-bond acceptors (Lipinski definition) is 3. The van der Waals surface area contributed by atoms with Crippen molar-refractivity contribution >= 4 is 19.4 Å². The van der Waals surface area contributed by atoms with E-state index in [0.717, 1.165) is 32.1 Å². The predicted octanol–water partition coefficient (Wildman–Crippen LogP) is 6.93. The van der Waals surface area contributed by atoms with Gasteiger partial charge in [-0.3, -0.25) is 4.57 Å². The Morgan fingerprint density at radius 3 is 2.34 bits per heavy atom. The number of thioether (sulfide) groups is 1. The number of hydrogen-bond donors (Lipinski definition) is 3. The van der Waals surface area contributed by atoms with Gasteiger partial charge in [-0.1, -0.05) is 37.8 Å². The molecule has 0 spiro atoms. The van der Waals surface area contributed by atoms with Gasteiger partial charge in [-0.15, -0.1) is 11.8 Å². The van der Waals surface area contributed by atoms with Crippen molar-refractivity contribution in [2.45, 2.75) is 74.6 Å². The van der Waals surface area contributed by atoms with Crippen LogP contribution in [0.4, 0.5) is 13.2 Å². The molecule has 9 heteroatoms. The minimum atomic E-state index is -4.04. The topological polar surface area (TPSA) is 69.6 Å². The van der Waals surface area contributed by atoms with Crippen LogP contribution < -0.4 is 5.32 Å². The van der Waals surface area contributed by atoms with E-state index in [1.807, 2.05) is 12.1 Å². The summed E-state index contributed by atoms with van der Waals surface area (Å²) in [6.45, 7) is 0.405.